The molecule has 0 saturated carbocycles. The standard InChI is InChI=1S/C21H25NO5S/c1-15-10-12-17(13-11-15)28(24,25)26-14-18-19(16-8-6-5-7-9-16)22(18)20(23)27-21(2,3)4/h5-13,18-19H,14H2,1-4H3/t18-,19-,22?/m1/s1. The first-order valence-corrected chi connectivity index (χ1v) is 10.5. The Balaban J connectivity index is 1.74. The molecule has 0 aliphatic carbocycles. The number of carbonyl (C=O) groups excluding carboxylic acids is 1. The van der Waals surface area contributed by atoms with Crippen molar-refractivity contribution in [1.29, 1.82) is 0 Å². The van der Waals surface area contributed by atoms with Crippen molar-refractivity contribution in [3.63, 3.8) is 0 Å². The third-order valence-corrected chi connectivity index (χ3v) is 5.68. The molecule has 7 heteroatoms. The van der Waals surface area contributed by atoms with E-state index in [1.54, 1.807) is 32.9 Å². The number of nitrogens with zero attached hydrogens (tertiary/aromatic N) is 1. The number of carbonyl (C=O) groups is 1. The van der Waals surface area contributed by atoms with Crippen molar-refractivity contribution in [2.45, 2.75) is 50.3 Å². The normalized spacial score (nSPS) is 19.4. The molecule has 1 fully saturated rings. The van der Waals surface area contributed by atoms with Gasteiger partial charge in [0.2, 0.25) is 0 Å². The highest BCUT2D eigenvalue weighted by atomic mass is 32.2. The summed E-state index contributed by atoms with van der Waals surface area (Å²) in [5.74, 6) is 0. The van der Waals surface area contributed by atoms with Gasteiger partial charge in [0.05, 0.1) is 23.6 Å². The third kappa shape index (κ3) is 4.72. The molecule has 1 heterocycles. The SMILES string of the molecule is Cc1ccc(S(=O)(=O)OC[C@@H]2[C@@H](c3ccccc3)N2C(=O)OC(C)(C)C)cc1. The predicted octanol–water partition coefficient (Wildman–Crippen LogP) is 4.06. The van der Waals surface area contributed by atoms with Crippen LogP contribution in [0.3, 0.4) is 0 Å². The van der Waals surface area contributed by atoms with Crippen LogP contribution >= 0.6 is 0 Å². The maximum absolute atomic E-state index is 12.5. The molecule has 1 amide bonds. The van der Waals surface area contributed by atoms with E-state index in [1.807, 2.05) is 37.3 Å². The van der Waals surface area contributed by atoms with Crippen molar-refractivity contribution in [2.24, 2.45) is 0 Å². The van der Waals surface area contributed by atoms with Crippen LogP contribution in [0, 0.1) is 6.92 Å². The molecular formula is C21H25NO5S. The summed E-state index contributed by atoms with van der Waals surface area (Å²) in [5, 5.41) is 0. The number of rotatable bonds is 5. The molecule has 2 aromatic carbocycles. The largest absolute Gasteiger partial charge is 0.444 e. The second-order valence-electron chi connectivity index (χ2n) is 7.86. The molecule has 0 bridgehead atoms. The number of hydrogen-bond donors (Lipinski definition) is 0. The Morgan fingerprint density at radius 1 is 1.04 bits per heavy atom. The molecular weight excluding hydrogens is 378 g/mol. The second kappa shape index (κ2) is 7.56. The number of benzene rings is 2. The first kappa shape index (κ1) is 20.4. The van der Waals surface area contributed by atoms with E-state index in [-0.39, 0.29) is 17.5 Å². The highest BCUT2D eigenvalue weighted by molar-refractivity contribution is 7.86. The Morgan fingerprint density at radius 2 is 1.64 bits per heavy atom. The van der Waals surface area contributed by atoms with Gasteiger partial charge in [0.15, 0.2) is 0 Å². The van der Waals surface area contributed by atoms with Crippen LogP contribution < -0.4 is 0 Å². The van der Waals surface area contributed by atoms with Gasteiger partial charge in [0, 0.05) is 0 Å². The van der Waals surface area contributed by atoms with Crippen LogP contribution in [-0.4, -0.2) is 37.7 Å². The van der Waals surface area contributed by atoms with Crippen molar-refractivity contribution in [3.8, 4) is 0 Å². The zero-order valence-electron chi connectivity index (χ0n) is 16.5. The summed E-state index contributed by atoms with van der Waals surface area (Å²) in [4.78, 5) is 14.2. The van der Waals surface area contributed by atoms with Gasteiger partial charge in [-0.25, -0.2) is 4.79 Å². The summed E-state index contributed by atoms with van der Waals surface area (Å²) in [6, 6.07) is 15.2. The number of ether oxygens (including phenoxy) is 1. The Labute approximate surface area is 166 Å². The molecule has 2 atom stereocenters. The van der Waals surface area contributed by atoms with E-state index in [2.05, 4.69) is 0 Å². The van der Waals surface area contributed by atoms with Gasteiger partial charge < -0.3 is 4.74 Å². The van der Waals surface area contributed by atoms with Crippen LogP contribution in [0.15, 0.2) is 59.5 Å². The lowest BCUT2D eigenvalue weighted by Gasteiger charge is -2.20. The highest BCUT2D eigenvalue weighted by Crippen LogP contribution is 2.44. The van der Waals surface area contributed by atoms with Gasteiger partial charge in [-0.3, -0.25) is 9.08 Å². The summed E-state index contributed by atoms with van der Waals surface area (Å²) in [5.41, 5.74) is 1.23. The van der Waals surface area contributed by atoms with E-state index < -0.39 is 27.9 Å². The summed E-state index contributed by atoms with van der Waals surface area (Å²) < 4.78 is 35.7. The average Bonchev–Trinajstić information content (AvgIpc) is 3.34. The molecule has 0 aromatic heterocycles. The molecule has 6 nitrogen and oxygen atoms in total. The topological polar surface area (TPSA) is 72.7 Å². The van der Waals surface area contributed by atoms with Gasteiger partial charge in [0.25, 0.3) is 10.1 Å². The molecule has 150 valence electrons. The minimum atomic E-state index is -3.90. The van der Waals surface area contributed by atoms with E-state index in [0.29, 0.717) is 0 Å². The lowest BCUT2D eigenvalue weighted by molar-refractivity contribution is 0.0384. The summed E-state index contributed by atoms with van der Waals surface area (Å²) in [6.07, 6.45) is -0.484. The maximum atomic E-state index is 12.5. The molecule has 28 heavy (non-hydrogen) atoms. The third-order valence-electron chi connectivity index (χ3n) is 4.38. The first-order valence-electron chi connectivity index (χ1n) is 9.11. The van der Waals surface area contributed by atoms with Crippen molar-refractivity contribution < 1.29 is 22.1 Å². The van der Waals surface area contributed by atoms with E-state index in [9.17, 15) is 13.2 Å². The van der Waals surface area contributed by atoms with Gasteiger partial charge in [-0.15, -0.1) is 0 Å². The Morgan fingerprint density at radius 3 is 2.21 bits per heavy atom. The van der Waals surface area contributed by atoms with E-state index in [0.717, 1.165) is 11.1 Å². The van der Waals surface area contributed by atoms with Crippen LogP contribution in [0.5, 0.6) is 0 Å². The number of amides is 1. The van der Waals surface area contributed by atoms with Crippen molar-refractivity contribution >= 4 is 16.2 Å². The van der Waals surface area contributed by atoms with E-state index in [4.69, 9.17) is 8.92 Å². The Bertz CT molecular complexity index is 933. The number of hydrogen-bond acceptors (Lipinski definition) is 5. The quantitative estimate of drug-likeness (QED) is 0.556. The molecule has 0 N–H and O–H groups in total. The summed E-state index contributed by atoms with van der Waals surface area (Å²) in [6.45, 7) is 7.12. The molecule has 1 saturated heterocycles. The van der Waals surface area contributed by atoms with Crippen LogP contribution in [0.4, 0.5) is 4.79 Å². The van der Waals surface area contributed by atoms with Crippen LogP contribution in [0.1, 0.15) is 37.9 Å². The van der Waals surface area contributed by atoms with Crippen LogP contribution in [0.2, 0.25) is 0 Å². The highest BCUT2D eigenvalue weighted by Gasteiger charge is 2.54. The minimum Gasteiger partial charge on any atom is -0.444 e. The molecule has 1 aliphatic heterocycles. The van der Waals surface area contributed by atoms with Crippen molar-refractivity contribution in [1.82, 2.24) is 4.90 Å². The lowest BCUT2D eigenvalue weighted by atomic mass is 10.1. The molecule has 2 aromatic rings. The number of aryl methyl sites for hydroxylation is 1. The fourth-order valence-electron chi connectivity index (χ4n) is 2.98. The molecule has 0 unspecified atom stereocenters. The Hall–Kier alpha value is -2.38. The molecule has 0 spiro atoms. The zero-order chi connectivity index (χ0) is 20.5. The zero-order valence-corrected chi connectivity index (χ0v) is 17.3. The fourth-order valence-corrected chi connectivity index (χ4v) is 3.90. The fraction of sp³-hybridized carbons (Fsp3) is 0.381. The van der Waals surface area contributed by atoms with E-state index in [1.165, 1.54) is 17.0 Å². The van der Waals surface area contributed by atoms with E-state index >= 15 is 0 Å². The second-order valence-corrected chi connectivity index (χ2v) is 9.48. The molecule has 1 aliphatic rings. The Kier molecular flexibility index (Phi) is 5.50. The summed E-state index contributed by atoms with van der Waals surface area (Å²) in [7, 11) is -3.90. The average molecular weight is 404 g/mol. The van der Waals surface area contributed by atoms with Gasteiger partial charge in [0.1, 0.15) is 5.60 Å². The minimum absolute atomic E-state index is 0.0961. The molecule has 0 radical (unpaired) electrons. The van der Waals surface area contributed by atoms with Crippen LogP contribution in [-0.2, 0) is 19.0 Å². The van der Waals surface area contributed by atoms with Gasteiger partial charge >= 0.3 is 6.09 Å². The predicted molar refractivity (Wildman–Crippen MR) is 105 cm³/mol. The van der Waals surface area contributed by atoms with Crippen molar-refractivity contribution in [3.05, 3.63) is 65.7 Å². The lowest BCUT2D eigenvalue weighted by Crippen LogP contribution is -2.28. The molecule has 3 rings (SSSR count). The summed E-state index contributed by atoms with van der Waals surface area (Å²) >= 11 is 0. The first-order chi connectivity index (χ1) is 13.1. The smallest absolute Gasteiger partial charge is 0.411 e. The van der Waals surface area contributed by atoms with Gasteiger partial charge in [-0.1, -0.05) is 48.0 Å². The van der Waals surface area contributed by atoms with Gasteiger partial charge in [-0.2, -0.15) is 8.42 Å². The maximum Gasteiger partial charge on any atom is 0.411 e. The van der Waals surface area contributed by atoms with Crippen LogP contribution in [0.25, 0.3) is 0 Å². The monoisotopic (exact) mass is 403 g/mol. The van der Waals surface area contributed by atoms with Crippen molar-refractivity contribution in [2.75, 3.05) is 6.61 Å². The van der Waals surface area contributed by atoms with Gasteiger partial charge in [-0.05, 0) is 45.4 Å².